The molecule has 1 saturated carbocycles. The van der Waals surface area contributed by atoms with Crippen molar-refractivity contribution in [2.75, 3.05) is 5.32 Å². The van der Waals surface area contributed by atoms with Gasteiger partial charge in [0.25, 0.3) is 0 Å². The second-order valence-corrected chi connectivity index (χ2v) is 8.54. The maximum absolute atomic E-state index is 12.7. The molecule has 0 bridgehead atoms. The minimum Gasteiger partial charge on any atom is -0.351 e. The molecule has 4 heteroatoms. The lowest BCUT2D eigenvalue weighted by molar-refractivity contribution is -0.134. The van der Waals surface area contributed by atoms with Gasteiger partial charge in [-0.1, -0.05) is 62.7 Å². The molecular weight excluding hydrogens is 336 g/mol. The molecule has 0 saturated heterocycles. The monoisotopic (exact) mass is 364 g/mol. The number of anilines is 1. The van der Waals surface area contributed by atoms with E-state index < -0.39 is 5.41 Å². The molecule has 0 radical (unpaired) electrons. The lowest BCUT2D eigenvalue weighted by Crippen LogP contribution is -2.39. The van der Waals surface area contributed by atoms with Gasteiger partial charge in [0, 0.05) is 12.2 Å². The lowest BCUT2D eigenvalue weighted by atomic mass is 9.87. The summed E-state index contributed by atoms with van der Waals surface area (Å²) in [7, 11) is 0. The van der Waals surface area contributed by atoms with E-state index in [1.165, 1.54) is 5.56 Å². The Labute approximate surface area is 161 Å². The van der Waals surface area contributed by atoms with Crippen molar-refractivity contribution in [1.29, 1.82) is 0 Å². The summed E-state index contributed by atoms with van der Waals surface area (Å²) in [6.07, 6.45) is 1.19. The van der Waals surface area contributed by atoms with Crippen LogP contribution in [0.1, 0.15) is 50.3 Å². The van der Waals surface area contributed by atoms with E-state index in [9.17, 15) is 9.59 Å². The van der Waals surface area contributed by atoms with Gasteiger partial charge in [0.15, 0.2) is 0 Å². The van der Waals surface area contributed by atoms with Crippen molar-refractivity contribution in [3.8, 4) is 0 Å². The van der Waals surface area contributed by atoms with Crippen LogP contribution in [0.2, 0.25) is 0 Å². The number of hydrogen-bond donors (Lipinski definition) is 2. The van der Waals surface area contributed by atoms with Gasteiger partial charge in [-0.25, -0.2) is 0 Å². The number of nitrogens with one attached hydrogen (secondary N) is 2. The lowest BCUT2D eigenvalue weighted by Gasteiger charge is -2.20. The van der Waals surface area contributed by atoms with Gasteiger partial charge in [0.05, 0.1) is 0 Å². The van der Waals surface area contributed by atoms with Gasteiger partial charge in [-0.3, -0.25) is 9.59 Å². The van der Waals surface area contributed by atoms with Crippen LogP contribution >= 0.6 is 0 Å². The third-order valence-corrected chi connectivity index (χ3v) is 5.16. The van der Waals surface area contributed by atoms with E-state index in [-0.39, 0.29) is 17.2 Å². The maximum Gasteiger partial charge on any atom is 0.240 e. The van der Waals surface area contributed by atoms with E-state index in [0.717, 1.165) is 16.8 Å². The molecular formula is C23H28N2O2. The molecule has 2 N–H and O–H groups in total. The van der Waals surface area contributed by atoms with E-state index in [1.54, 1.807) is 0 Å². The molecule has 0 atom stereocenters. The van der Waals surface area contributed by atoms with Gasteiger partial charge in [-0.2, -0.15) is 0 Å². The quantitative estimate of drug-likeness (QED) is 0.776. The number of hydrogen-bond acceptors (Lipinski definition) is 2. The van der Waals surface area contributed by atoms with E-state index in [2.05, 4.69) is 31.4 Å². The van der Waals surface area contributed by atoms with Crippen molar-refractivity contribution >= 4 is 17.5 Å². The number of carbonyl (C=O) groups is 2. The van der Waals surface area contributed by atoms with Gasteiger partial charge in [0.2, 0.25) is 11.8 Å². The van der Waals surface area contributed by atoms with Crippen molar-refractivity contribution in [2.45, 2.75) is 52.5 Å². The summed E-state index contributed by atoms with van der Waals surface area (Å²) in [6.45, 7) is 8.91. The Balaban J connectivity index is 1.61. The van der Waals surface area contributed by atoms with Crippen LogP contribution in [0.5, 0.6) is 0 Å². The van der Waals surface area contributed by atoms with Crippen LogP contribution < -0.4 is 10.6 Å². The fourth-order valence-electron chi connectivity index (χ4n) is 3.16. The largest absolute Gasteiger partial charge is 0.351 e. The molecule has 0 spiro atoms. The Morgan fingerprint density at radius 1 is 1.00 bits per heavy atom. The molecule has 0 aromatic heterocycles. The van der Waals surface area contributed by atoms with Gasteiger partial charge in [-0.05, 0) is 48.4 Å². The first kappa shape index (κ1) is 19.2. The average molecular weight is 364 g/mol. The van der Waals surface area contributed by atoms with Crippen LogP contribution in [0.25, 0.3) is 0 Å². The predicted octanol–water partition coefficient (Wildman–Crippen LogP) is 4.33. The highest BCUT2D eigenvalue weighted by molar-refractivity contribution is 6.13. The second-order valence-electron chi connectivity index (χ2n) is 8.54. The zero-order valence-electron chi connectivity index (χ0n) is 16.6. The number of carbonyl (C=O) groups excluding carboxylic acids is 2. The second kappa shape index (κ2) is 7.18. The molecule has 3 rings (SSSR count). The van der Waals surface area contributed by atoms with E-state index in [1.807, 2.05) is 55.5 Å². The van der Waals surface area contributed by atoms with Gasteiger partial charge in [0.1, 0.15) is 5.41 Å². The summed E-state index contributed by atoms with van der Waals surface area (Å²) in [4.78, 5) is 25.3. The van der Waals surface area contributed by atoms with Crippen LogP contribution in [0, 0.1) is 12.3 Å². The van der Waals surface area contributed by atoms with E-state index in [4.69, 9.17) is 0 Å². The first-order chi connectivity index (χ1) is 12.7. The number of amides is 2. The molecule has 1 aliphatic rings. The van der Waals surface area contributed by atoms with Crippen LogP contribution in [0.15, 0.2) is 48.5 Å². The highest BCUT2D eigenvalue weighted by Crippen LogP contribution is 2.47. The van der Waals surface area contributed by atoms with Crippen molar-refractivity contribution in [2.24, 2.45) is 5.41 Å². The molecule has 2 amide bonds. The standard InChI is InChI=1S/C23H28N2O2/c1-16-6-5-7-17(14-16)15-24-20(26)23(12-13-23)21(27)25-19-10-8-18(9-11-19)22(2,3)4/h5-11,14H,12-13,15H2,1-4H3,(H,24,26)(H,25,27). The Hall–Kier alpha value is -2.62. The summed E-state index contributed by atoms with van der Waals surface area (Å²) < 4.78 is 0. The molecule has 2 aromatic rings. The molecule has 27 heavy (non-hydrogen) atoms. The van der Waals surface area contributed by atoms with Crippen LogP contribution in [-0.4, -0.2) is 11.8 Å². The molecule has 0 heterocycles. The highest BCUT2D eigenvalue weighted by atomic mass is 16.2. The number of benzene rings is 2. The third-order valence-electron chi connectivity index (χ3n) is 5.16. The molecule has 0 unspecified atom stereocenters. The minimum absolute atomic E-state index is 0.0654. The Morgan fingerprint density at radius 3 is 2.22 bits per heavy atom. The SMILES string of the molecule is Cc1cccc(CNC(=O)C2(C(=O)Nc3ccc(C(C)(C)C)cc3)CC2)c1. The zero-order valence-corrected chi connectivity index (χ0v) is 16.6. The first-order valence-electron chi connectivity index (χ1n) is 9.47. The summed E-state index contributed by atoms with van der Waals surface area (Å²) >= 11 is 0. The fraction of sp³-hybridized carbons (Fsp3) is 0.391. The topological polar surface area (TPSA) is 58.2 Å². The normalized spacial score (nSPS) is 15.1. The summed E-state index contributed by atoms with van der Waals surface area (Å²) in [5, 5.41) is 5.84. The zero-order chi connectivity index (χ0) is 19.7. The number of aryl methyl sites for hydroxylation is 1. The van der Waals surface area contributed by atoms with Crippen molar-refractivity contribution in [1.82, 2.24) is 5.32 Å². The summed E-state index contributed by atoms with van der Waals surface area (Å²) in [5.74, 6) is -0.402. The van der Waals surface area contributed by atoms with Gasteiger partial charge in [-0.15, -0.1) is 0 Å². The van der Waals surface area contributed by atoms with Crippen LogP contribution in [0.3, 0.4) is 0 Å². The van der Waals surface area contributed by atoms with Gasteiger partial charge >= 0.3 is 0 Å². The highest BCUT2D eigenvalue weighted by Gasteiger charge is 2.56. The number of rotatable bonds is 5. The van der Waals surface area contributed by atoms with E-state index in [0.29, 0.717) is 19.4 Å². The van der Waals surface area contributed by atoms with Crippen molar-refractivity contribution in [3.63, 3.8) is 0 Å². The molecule has 1 fully saturated rings. The fourth-order valence-corrected chi connectivity index (χ4v) is 3.16. The molecule has 142 valence electrons. The summed E-state index contributed by atoms with van der Waals surface area (Å²) in [6, 6.07) is 15.8. The third kappa shape index (κ3) is 4.38. The predicted molar refractivity (Wildman–Crippen MR) is 108 cm³/mol. The first-order valence-corrected chi connectivity index (χ1v) is 9.47. The van der Waals surface area contributed by atoms with Crippen LogP contribution in [-0.2, 0) is 21.5 Å². The maximum atomic E-state index is 12.7. The van der Waals surface area contributed by atoms with E-state index >= 15 is 0 Å². The molecule has 0 aliphatic heterocycles. The van der Waals surface area contributed by atoms with Gasteiger partial charge < -0.3 is 10.6 Å². The Kier molecular flexibility index (Phi) is 5.09. The minimum atomic E-state index is -0.924. The smallest absolute Gasteiger partial charge is 0.240 e. The summed E-state index contributed by atoms with van der Waals surface area (Å²) in [5.41, 5.74) is 3.27. The average Bonchev–Trinajstić information content (AvgIpc) is 3.41. The molecule has 2 aromatic carbocycles. The Bertz CT molecular complexity index is 843. The van der Waals surface area contributed by atoms with Crippen LogP contribution in [0.4, 0.5) is 5.69 Å². The molecule has 4 nitrogen and oxygen atoms in total. The Morgan fingerprint density at radius 2 is 1.67 bits per heavy atom. The van der Waals surface area contributed by atoms with Crippen molar-refractivity contribution in [3.05, 3.63) is 65.2 Å². The molecule has 1 aliphatic carbocycles. The van der Waals surface area contributed by atoms with Crippen molar-refractivity contribution < 1.29 is 9.59 Å².